The van der Waals surface area contributed by atoms with Gasteiger partial charge in [-0.1, -0.05) is 31.4 Å². The highest BCUT2D eigenvalue weighted by Crippen LogP contribution is 2.24. The van der Waals surface area contributed by atoms with Gasteiger partial charge in [0.25, 0.3) is 5.91 Å². The molecule has 20 heavy (non-hydrogen) atoms. The highest BCUT2D eigenvalue weighted by atomic mass is 35.5. The van der Waals surface area contributed by atoms with Crippen molar-refractivity contribution in [2.24, 2.45) is 0 Å². The lowest BCUT2D eigenvalue weighted by atomic mass is 10.1. The second-order valence-electron chi connectivity index (χ2n) is 5.19. The molecule has 4 nitrogen and oxygen atoms in total. The average molecular weight is 296 g/mol. The highest BCUT2D eigenvalue weighted by molar-refractivity contribution is 6.33. The number of nitrogens with one attached hydrogen (secondary N) is 1. The zero-order valence-corrected chi connectivity index (χ0v) is 12.9. The highest BCUT2D eigenvalue weighted by Gasteiger charge is 2.27. The first-order valence-corrected chi connectivity index (χ1v) is 7.70. The van der Waals surface area contributed by atoms with Crippen LogP contribution in [0.4, 0.5) is 5.82 Å². The standard InChI is InChI=1S/C15H22ClN3O/c1-3-11-7-5-4-6-10-19(11)15(20)14-12(16)8-9-13(17-2)18-14/h8-9,11H,3-7,10H2,1-2H3,(H,17,18). The minimum absolute atomic E-state index is 0.0409. The molecule has 1 atom stereocenters. The third kappa shape index (κ3) is 3.23. The fourth-order valence-electron chi connectivity index (χ4n) is 2.74. The van der Waals surface area contributed by atoms with Crippen LogP contribution < -0.4 is 5.32 Å². The molecule has 2 rings (SSSR count). The molecule has 0 bridgehead atoms. The maximum absolute atomic E-state index is 12.8. The summed E-state index contributed by atoms with van der Waals surface area (Å²) in [5, 5.41) is 3.37. The molecule has 0 aliphatic carbocycles. The van der Waals surface area contributed by atoms with Gasteiger partial charge in [0.05, 0.1) is 5.02 Å². The first-order valence-electron chi connectivity index (χ1n) is 7.32. The van der Waals surface area contributed by atoms with Crippen molar-refractivity contribution in [2.75, 3.05) is 18.9 Å². The fourth-order valence-corrected chi connectivity index (χ4v) is 2.92. The molecule has 0 spiro atoms. The Kier molecular flexibility index (Phi) is 5.24. The molecule has 1 aromatic rings. The largest absolute Gasteiger partial charge is 0.373 e. The van der Waals surface area contributed by atoms with Gasteiger partial charge in [-0.2, -0.15) is 0 Å². The van der Waals surface area contributed by atoms with Gasteiger partial charge in [0.2, 0.25) is 0 Å². The number of likely N-dealkylation sites (tertiary alicyclic amines) is 1. The third-order valence-corrected chi connectivity index (χ3v) is 4.22. The second kappa shape index (κ2) is 6.93. The zero-order chi connectivity index (χ0) is 14.5. The van der Waals surface area contributed by atoms with E-state index >= 15 is 0 Å². The normalized spacial score (nSPS) is 19.6. The Morgan fingerprint density at radius 1 is 1.45 bits per heavy atom. The predicted molar refractivity (Wildman–Crippen MR) is 82.4 cm³/mol. The summed E-state index contributed by atoms with van der Waals surface area (Å²) in [6.07, 6.45) is 5.50. The molecule has 1 fully saturated rings. The summed E-state index contributed by atoms with van der Waals surface area (Å²) in [7, 11) is 1.78. The molecule has 1 amide bonds. The van der Waals surface area contributed by atoms with Gasteiger partial charge in [0, 0.05) is 19.6 Å². The van der Waals surface area contributed by atoms with E-state index < -0.39 is 0 Å². The first kappa shape index (κ1) is 15.1. The van der Waals surface area contributed by atoms with Crippen LogP contribution in [-0.4, -0.2) is 35.4 Å². The molecule has 1 aromatic heterocycles. The van der Waals surface area contributed by atoms with Crippen molar-refractivity contribution in [1.82, 2.24) is 9.88 Å². The van der Waals surface area contributed by atoms with Crippen molar-refractivity contribution in [1.29, 1.82) is 0 Å². The summed E-state index contributed by atoms with van der Waals surface area (Å²) >= 11 is 6.16. The van der Waals surface area contributed by atoms with Crippen LogP contribution in [0.1, 0.15) is 49.5 Å². The number of pyridine rings is 1. The molecular weight excluding hydrogens is 274 g/mol. The summed E-state index contributed by atoms with van der Waals surface area (Å²) in [5.74, 6) is 0.626. The maximum atomic E-state index is 12.8. The lowest BCUT2D eigenvalue weighted by Crippen LogP contribution is -2.40. The van der Waals surface area contributed by atoms with Gasteiger partial charge in [0.1, 0.15) is 11.5 Å². The Labute approximate surface area is 125 Å². The van der Waals surface area contributed by atoms with Crippen molar-refractivity contribution in [3.05, 3.63) is 22.8 Å². The zero-order valence-electron chi connectivity index (χ0n) is 12.2. The Morgan fingerprint density at radius 3 is 2.95 bits per heavy atom. The summed E-state index contributed by atoms with van der Waals surface area (Å²) in [5.41, 5.74) is 0.360. The monoisotopic (exact) mass is 295 g/mol. The van der Waals surface area contributed by atoms with E-state index in [1.54, 1.807) is 19.2 Å². The number of carbonyl (C=O) groups is 1. The molecule has 1 aliphatic heterocycles. The smallest absolute Gasteiger partial charge is 0.274 e. The number of nitrogens with zero attached hydrogens (tertiary/aromatic N) is 2. The topological polar surface area (TPSA) is 45.2 Å². The fraction of sp³-hybridized carbons (Fsp3) is 0.600. The van der Waals surface area contributed by atoms with Gasteiger partial charge in [-0.05, 0) is 31.4 Å². The van der Waals surface area contributed by atoms with Crippen LogP contribution >= 0.6 is 11.6 Å². The van der Waals surface area contributed by atoms with Crippen LogP contribution in [-0.2, 0) is 0 Å². The molecule has 1 aliphatic rings. The number of rotatable bonds is 3. The predicted octanol–water partition coefficient (Wildman–Crippen LogP) is 3.57. The average Bonchev–Trinajstić information content (AvgIpc) is 2.72. The summed E-state index contributed by atoms with van der Waals surface area (Å²) in [6, 6.07) is 3.81. The second-order valence-corrected chi connectivity index (χ2v) is 5.59. The van der Waals surface area contributed by atoms with Crippen molar-refractivity contribution in [3.8, 4) is 0 Å². The van der Waals surface area contributed by atoms with E-state index in [1.807, 2.05) is 4.90 Å². The van der Waals surface area contributed by atoms with Crippen LogP contribution in [0.3, 0.4) is 0 Å². The van der Waals surface area contributed by atoms with Crippen LogP contribution in [0.5, 0.6) is 0 Å². The summed E-state index contributed by atoms with van der Waals surface area (Å²) < 4.78 is 0. The van der Waals surface area contributed by atoms with Crippen molar-refractivity contribution < 1.29 is 4.79 Å². The van der Waals surface area contributed by atoms with E-state index in [9.17, 15) is 4.79 Å². The van der Waals surface area contributed by atoms with Crippen LogP contribution in [0, 0.1) is 0 Å². The quantitative estimate of drug-likeness (QED) is 0.927. The molecule has 0 saturated carbocycles. The summed E-state index contributed by atoms with van der Waals surface area (Å²) in [4.78, 5) is 19.1. The van der Waals surface area contributed by atoms with Gasteiger partial charge >= 0.3 is 0 Å². The van der Waals surface area contributed by atoms with Gasteiger partial charge in [-0.3, -0.25) is 4.79 Å². The number of hydrogen-bond donors (Lipinski definition) is 1. The molecule has 1 N–H and O–H groups in total. The van der Waals surface area contributed by atoms with Gasteiger partial charge in [-0.15, -0.1) is 0 Å². The van der Waals surface area contributed by atoms with E-state index in [0.29, 0.717) is 22.6 Å². The van der Waals surface area contributed by atoms with Crippen molar-refractivity contribution in [3.63, 3.8) is 0 Å². The van der Waals surface area contributed by atoms with Gasteiger partial charge in [-0.25, -0.2) is 4.98 Å². The number of halogens is 1. The molecule has 0 radical (unpaired) electrons. The minimum Gasteiger partial charge on any atom is -0.373 e. The van der Waals surface area contributed by atoms with Crippen molar-refractivity contribution >= 4 is 23.3 Å². The third-order valence-electron chi connectivity index (χ3n) is 3.91. The summed E-state index contributed by atoms with van der Waals surface area (Å²) in [6.45, 7) is 2.94. The number of carbonyl (C=O) groups excluding carboxylic acids is 1. The lowest BCUT2D eigenvalue weighted by Gasteiger charge is -2.29. The molecule has 110 valence electrons. The lowest BCUT2D eigenvalue weighted by molar-refractivity contribution is 0.0672. The van der Waals surface area contributed by atoms with Crippen LogP contribution in [0.15, 0.2) is 12.1 Å². The molecule has 1 saturated heterocycles. The Bertz CT molecular complexity index is 478. The van der Waals surface area contributed by atoms with E-state index in [2.05, 4.69) is 17.2 Å². The SMILES string of the molecule is CCC1CCCCCN1C(=O)c1nc(NC)ccc1Cl. The van der Waals surface area contributed by atoms with E-state index in [-0.39, 0.29) is 5.91 Å². The van der Waals surface area contributed by atoms with Gasteiger partial charge in [0.15, 0.2) is 0 Å². The molecule has 0 aromatic carbocycles. The first-order chi connectivity index (χ1) is 9.67. The number of aromatic nitrogens is 1. The number of hydrogen-bond acceptors (Lipinski definition) is 3. The Hall–Kier alpha value is -1.29. The minimum atomic E-state index is -0.0409. The van der Waals surface area contributed by atoms with Crippen molar-refractivity contribution in [2.45, 2.75) is 45.1 Å². The van der Waals surface area contributed by atoms with E-state index in [0.717, 1.165) is 25.8 Å². The maximum Gasteiger partial charge on any atom is 0.274 e. The van der Waals surface area contributed by atoms with E-state index in [4.69, 9.17) is 11.6 Å². The van der Waals surface area contributed by atoms with E-state index in [1.165, 1.54) is 12.8 Å². The molecule has 2 heterocycles. The van der Waals surface area contributed by atoms with Gasteiger partial charge < -0.3 is 10.2 Å². The number of amides is 1. The Morgan fingerprint density at radius 2 is 2.25 bits per heavy atom. The van der Waals surface area contributed by atoms with Crippen LogP contribution in [0.2, 0.25) is 5.02 Å². The molecule has 1 unspecified atom stereocenters. The molecular formula is C15H22ClN3O. The van der Waals surface area contributed by atoms with Crippen LogP contribution in [0.25, 0.3) is 0 Å². The number of anilines is 1. The Balaban J connectivity index is 2.28. The molecule has 5 heteroatoms.